The highest BCUT2D eigenvalue weighted by Crippen LogP contribution is 2.52. The van der Waals surface area contributed by atoms with Gasteiger partial charge in [0.25, 0.3) is 0 Å². The van der Waals surface area contributed by atoms with Crippen LogP contribution >= 0.6 is 0 Å². The molecule has 0 saturated heterocycles. The molecule has 1 saturated carbocycles. The van der Waals surface area contributed by atoms with Gasteiger partial charge in [-0.1, -0.05) is 26.0 Å². The lowest BCUT2D eigenvalue weighted by Gasteiger charge is -2.59. The Labute approximate surface area is 121 Å². The molecule has 0 amide bonds. The van der Waals surface area contributed by atoms with E-state index in [0.717, 1.165) is 6.42 Å². The van der Waals surface area contributed by atoms with Crippen LogP contribution in [0, 0.1) is 5.41 Å². The van der Waals surface area contributed by atoms with Crippen molar-refractivity contribution in [2.45, 2.75) is 43.7 Å². The van der Waals surface area contributed by atoms with Gasteiger partial charge in [0.2, 0.25) is 0 Å². The molecule has 1 N–H and O–H groups in total. The van der Waals surface area contributed by atoms with Gasteiger partial charge in [0.1, 0.15) is 0 Å². The van der Waals surface area contributed by atoms with E-state index < -0.39 is 9.84 Å². The summed E-state index contributed by atoms with van der Waals surface area (Å²) in [6.07, 6.45) is 2.09. The number of benzene rings is 1. The molecule has 112 valence electrons. The summed E-state index contributed by atoms with van der Waals surface area (Å²) in [5.41, 5.74) is 0.433. The number of para-hydroxylation sites is 1. The first-order valence-corrected chi connectivity index (χ1v) is 8.62. The van der Waals surface area contributed by atoms with E-state index in [4.69, 9.17) is 4.74 Å². The van der Waals surface area contributed by atoms with Crippen LogP contribution in [-0.4, -0.2) is 33.4 Å². The smallest absolute Gasteiger partial charge is 0.177 e. The van der Waals surface area contributed by atoms with Gasteiger partial charge in [-0.2, -0.15) is 0 Å². The van der Waals surface area contributed by atoms with Crippen LogP contribution in [0.1, 0.15) is 27.2 Å². The van der Waals surface area contributed by atoms with Crippen LogP contribution in [0.4, 0.5) is 5.69 Å². The zero-order chi connectivity index (χ0) is 15.2. The average molecular weight is 297 g/mol. The SMILES string of the molecule is COC1(C)CC(Nc2ccccc2S(C)(=O)=O)C1(C)C. The zero-order valence-electron chi connectivity index (χ0n) is 12.7. The molecular formula is C15H23NO3S. The molecule has 20 heavy (non-hydrogen) atoms. The third-order valence-corrected chi connectivity index (χ3v) is 6.05. The predicted molar refractivity (Wildman–Crippen MR) is 80.8 cm³/mol. The highest BCUT2D eigenvalue weighted by molar-refractivity contribution is 7.90. The van der Waals surface area contributed by atoms with E-state index in [1.54, 1.807) is 19.2 Å². The zero-order valence-corrected chi connectivity index (χ0v) is 13.5. The minimum Gasteiger partial charge on any atom is -0.380 e. The Hall–Kier alpha value is -1.07. The lowest BCUT2D eigenvalue weighted by molar-refractivity contribution is -0.166. The fourth-order valence-electron chi connectivity index (χ4n) is 2.82. The molecule has 1 fully saturated rings. The summed E-state index contributed by atoms with van der Waals surface area (Å²) < 4.78 is 29.2. The molecule has 2 unspecified atom stereocenters. The molecule has 0 aliphatic heterocycles. The Bertz CT molecular complexity index is 609. The van der Waals surface area contributed by atoms with E-state index in [-0.39, 0.29) is 17.1 Å². The maximum atomic E-state index is 11.8. The minimum absolute atomic E-state index is 0.0631. The van der Waals surface area contributed by atoms with Crippen molar-refractivity contribution in [2.24, 2.45) is 5.41 Å². The van der Waals surface area contributed by atoms with Gasteiger partial charge in [0.15, 0.2) is 9.84 Å². The molecule has 2 atom stereocenters. The second-order valence-corrected chi connectivity index (χ2v) is 8.31. The molecule has 1 aromatic carbocycles. The second-order valence-electron chi connectivity index (χ2n) is 6.33. The Morgan fingerprint density at radius 2 is 1.85 bits per heavy atom. The molecule has 0 heterocycles. The van der Waals surface area contributed by atoms with Crippen LogP contribution in [0.5, 0.6) is 0 Å². The van der Waals surface area contributed by atoms with Gasteiger partial charge in [0.05, 0.1) is 16.2 Å². The van der Waals surface area contributed by atoms with E-state index >= 15 is 0 Å². The van der Waals surface area contributed by atoms with Gasteiger partial charge in [-0.25, -0.2) is 8.42 Å². The molecule has 1 aliphatic rings. The number of hydrogen-bond acceptors (Lipinski definition) is 4. The maximum absolute atomic E-state index is 11.8. The summed E-state index contributed by atoms with van der Waals surface area (Å²) >= 11 is 0. The van der Waals surface area contributed by atoms with Crippen molar-refractivity contribution in [3.05, 3.63) is 24.3 Å². The lowest BCUT2D eigenvalue weighted by atomic mass is 9.56. The first kappa shape index (κ1) is 15.3. The molecule has 0 aromatic heterocycles. The van der Waals surface area contributed by atoms with E-state index in [1.165, 1.54) is 6.26 Å². The Morgan fingerprint density at radius 1 is 1.25 bits per heavy atom. The number of anilines is 1. The van der Waals surface area contributed by atoms with Gasteiger partial charge >= 0.3 is 0 Å². The van der Waals surface area contributed by atoms with Crippen molar-refractivity contribution < 1.29 is 13.2 Å². The van der Waals surface area contributed by atoms with Gasteiger partial charge in [-0.15, -0.1) is 0 Å². The summed E-state index contributed by atoms with van der Waals surface area (Å²) in [4.78, 5) is 0.349. The lowest BCUT2D eigenvalue weighted by Crippen LogP contribution is -2.65. The first-order valence-electron chi connectivity index (χ1n) is 6.72. The third kappa shape index (κ3) is 2.33. The fraction of sp³-hybridized carbons (Fsp3) is 0.600. The number of nitrogens with one attached hydrogen (secondary N) is 1. The number of methoxy groups -OCH3 is 1. The van der Waals surface area contributed by atoms with E-state index in [1.807, 2.05) is 12.1 Å². The van der Waals surface area contributed by atoms with E-state index in [2.05, 4.69) is 26.1 Å². The molecule has 0 radical (unpaired) electrons. The monoisotopic (exact) mass is 297 g/mol. The van der Waals surface area contributed by atoms with Crippen LogP contribution in [0.2, 0.25) is 0 Å². The summed E-state index contributed by atoms with van der Waals surface area (Å²) in [6, 6.07) is 7.23. The molecule has 5 heteroatoms. The summed E-state index contributed by atoms with van der Waals surface area (Å²) in [7, 11) is -1.50. The standard InChI is InChI=1S/C15H23NO3S/c1-14(2)13(10-15(14,3)19-4)16-11-8-6-7-9-12(11)20(5,17)18/h6-9,13,16H,10H2,1-5H3. The van der Waals surface area contributed by atoms with Crippen LogP contribution in [0.25, 0.3) is 0 Å². The van der Waals surface area contributed by atoms with Gasteiger partial charge in [-0.05, 0) is 25.5 Å². The van der Waals surface area contributed by atoms with Gasteiger partial charge in [0, 0.05) is 24.8 Å². The van der Waals surface area contributed by atoms with E-state index in [9.17, 15) is 8.42 Å². The summed E-state index contributed by atoms with van der Waals surface area (Å²) in [5.74, 6) is 0. The molecule has 4 nitrogen and oxygen atoms in total. The first-order chi connectivity index (χ1) is 9.12. The average Bonchev–Trinajstić information content (AvgIpc) is 2.37. The largest absolute Gasteiger partial charge is 0.380 e. The predicted octanol–water partition coefficient (Wildman–Crippen LogP) is 2.71. The van der Waals surface area contributed by atoms with Crippen molar-refractivity contribution in [3.8, 4) is 0 Å². The number of hydrogen-bond donors (Lipinski definition) is 1. The number of ether oxygens (including phenoxy) is 1. The van der Waals surface area contributed by atoms with Crippen molar-refractivity contribution in [1.29, 1.82) is 0 Å². The van der Waals surface area contributed by atoms with Crippen molar-refractivity contribution in [3.63, 3.8) is 0 Å². The normalized spacial score (nSPS) is 28.8. The number of rotatable bonds is 4. The van der Waals surface area contributed by atoms with Crippen molar-refractivity contribution >= 4 is 15.5 Å². The minimum atomic E-state index is -3.23. The van der Waals surface area contributed by atoms with Crippen LogP contribution in [0.3, 0.4) is 0 Å². The fourth-order valence-corrected chi connectivity index (χ4v) is 3.67. The van der Waals surface area contributed by atoms with Crippen molar-refractivity contribution in [2.75, 3.05) is 18.7 Å². The van der Waals surface area contributed by atoms with Crippen molar-refractivity contribution in [1.82, 2.24) is 0 Å². The van der Waals surface area contributed by atoms with E-state index in [0.29, 0.717) is 10.6 Å². The Balaban J connectivity index is 2.26. The van der Waals surface area contributed by atoms with Gasteiger partial charge < -0.3 is 10.1 Å². The number of sulfone groups is 1. The molecule has 2 rings (SSSR count). The molecular weight excluding hydrogens is 274 g/mol. The second kappa shape index (κ2) is 4.74. The summed E-state index contributed by atoms with van der Waals surface area (Å²) in [5, 5.41) is 3.37. The molecule has 0 bridgehead atoms. The molecule has 1 aromatic rings. The third-order valence-electron chi connectivity index (χ3n) is 4.89. The van der Waals surface area contributed by atoms with Gasteiger partial charge in [-0.3, -0.25) is 0 Å². The topological polar surface area (TPSA) is 55.4 Å². The van der Waals surface area contributed by atoms with Crippen LogP contribution in [-0.2, 0) is 14.6 Å². The maximum Gasteiger partial charge on any atom is 0.177 e. The highest BCUT2D eigenvalue weighted by atomic mass is 32.2. The summed E-state index contributed by atoms with van der Waals surface area (Å²) in [6.45, 7) is 6.37. The Morgan fingerprint density at radius 3 is 2.35 bits per heavy atom. The highest BCUT2D eigenvalue weighted by Gasteiger charge is 2.57. The molecule has 1 aliphatic carbocycles. The van der Waals surface area contributed by atoms with Crippen LogP contribution in [0.15, 0.2) is 29.2 Å². The molecule has 0 spiro atoms. The Kier molecular flexibility index (Phi) is 3.63. The quantitative estimate of drug-likeness (QED) is 0.928. The van der Waals surface area contributed by atoms with Crippen LogP contribution < -0.4 is 5.32 Å².